The van der Waals surface area contributed by atoms with Crippen molar-refractivity contribution in [3.05, 3.63) is 0 Å². The van der Waals surface area contributed by atoms with E-state index in [1.807, 2.05) is 13.8 Å². The van der Waals surface area contributed by atoms with Crippen LogP contribution in [0.4, 0.5) is 0 Å². The Balaban J connectivity index is 2.50. The van der Waals surface area contributed by atoms with Crippen LogP contribution in [0.3, 0.4) is 0 Å². The molecule has 1 aliphatic rings. The van der Waals surface area contributed by atoms with Crippen molar-refractivity contribution in [3.63, 3.8) is 0 Å². The van der Waals surface area contributed by atoms with E-state index in [2.05, 4.69) is 0 Å². The van der Waals surface area contributed by atoms with Crippen LogP contribution in [0.25, 0.3) is 0 Å². The van der Waals surface area contributed by atoms with Crippen LogP contribution in [0, 0.1) is 0 Å². The van der Waals surface area contributed by atoms with Gasteiger partial charge in [0.1, 0.15) is 0 Å². The first-order valence-corrected chi connectivity index (χ1v) is 5.39. The second kappa shape index (κ2) is 6.35. The number of ether oxygens (including phenoxy) is 4. The number of rotatable bonds is 4. The normalized spacial score (nSPS) is 22.7. The Kier molecular flexibility index (Phi) is 5.40. The quantitative estimate of drug-likeness (QED) is 0.655. The molecule has 0 saturated carbocycles. The Morgan fingerprint density at radius 3 is 1.86 bits per heavy atom. The maximum atomic E-state index is 5.48. The summed E-state index contributed by atoms with van der Waals surface area (Å²) in [5.41, 5.74) is 0. The lowest BCUT2D eigenvalue weighted by molar-refractivity contribution is -0.499. The Labute approximate surface area is 85.5 Å². The Morgan fingerprint density at radius 1 is 0.929 bits per heavy atom. The molecule has 1 rings (SSSR count). The molecule has 0 unspecified atom stereocenters. The summed E-state index contributed by atoms with van der Waals surface area (Å²) >= 11 is 0. The summed E-state index contributed by atoms with van der Waals surface area (Å²) in [6.07, 6.45) is 1.95. The van der Waals surface area contributed by atoms with E-state index in [9.17, 15) is 0 Å². The van der Waals surface area contributed by atoms with E-state index in [1.165, 1.54) is 0 Å². The fourth-order valence-corrected chi connectivity index (χ4v) is 1.38. The first kappa shape index (κ1) is 11.9. The summed E-state index contributed by atoms with van der Waals surface area (Å²) in [5, 5.41) is 0. The van der Waals surface area contributed by atoms with Gasteiger partial charge in [-0.1, -0.05) is 0 Å². The van der Waals surface area contributed by atoms with Gasteiger partial charge in [-0.05, 0) is 33.1 Å². The molecule has 0 aliphatic carbocycles. The van der Waals surface area contributed by atoms with E-state index in [4.69, 9.17) is 18.9 Å². The summed E-state index contributed by atoms with van der Waals surface area (Å²) in [6.45, 7) is 6.07. The molecular formula is C10H20O4. The number of hydrogen-bond acceptors (Lipinski definition) is 4. The Hall–Kier alpha value is -0.160. The van der Waals surface area contributed by atoms with Gasteiger partial charge in [-0.25, -0.2) is 0 Å². The van der Waals surface area contributed by atoms with Crippen LogP contribution in [0.2, 0.25) is 0 Å². The zero-order chi connectivity index (χ0) is 10.3. The molecule has 1 saturated heterocycles. The van der Waals surface area contributed by atoms with Crippen molar-refractivity contribution in [1.82, 2.24) is 0 Å². The molecule has 0 bridgehead atoms. The number of hydrogen-bond donors (Lipinski definition) is 0. The van der Waals surface area contributed by atoms with Crippen LogP contribution in [0.5, 0.6) is 0 Å². The lowest BCUT2D eigenvalue weighted by Crippen LogP contribution is -2.43. The van der Waals surface area contributed by atoms with Gasteiger partial charge in [0.05, 0.1) is 26.4 Å². The highest BCUT2D eigenvalue weighted by atomic mass is 17.0. The maximum Gasteiger partial charge on any atom is 0.412 e. The van der Waals surface area contributed by atoms with Gasteiger partial charge in [0.2, 0.25) is 0 Å². The SMILES string of the molecule is CCOC1(OCC)OCCCCCO1. The van der Waals surface area contributed by atoms with Gasteiger partial charge in [-0.15, -0.1) is 0 Å². The Morgan fingerprint density at radius 2 is 1.43 bits per heavy atom. The lowest BCUT2D eigenvalue weighted by Gasteiger charge is -2.32. The monoisotopic (exact) mass is 204 g/mol. The van der Waals surface area contributed by atoms with E-state index in [0.717, 1.165) is 19.3 Å². The van der Waals surface area contributed by atoms with Crippen molar-refractivity contribution >= 4 is 0 Å². The van der Waals surface area contributed by atoms with Gasteiger partial charge >= 0.3 is 6.16 Å². The van der Waals surface area contributed by atoms with Crippen molar-refractivity contribution in [1.29, 1.82) is 0 Å². The van der Waals surface area contributed by atoms with Crippen LogP contribution in [-0.2, 0) is 18.9 Å². The molecule has 84 valence electrons. The minimum atomic E-state index is -1.25. The first-order chi connectivity index (χ1) is 6.83. The van der Waals surface area contributed by atoms with E-state index in [-0.39, 0.29) is 0 Å². The second-order valence-electron chi connectivity index (χ2n) is 3.12. The third-order valence-corrected chi connectivity index (χ3v) is 1.99. The van der Waals surface area contributed by atoms with Gasteiger partial charge in [-0.3, -0.25) is 0 Å². The van der Waals surface area contributed by atoms with Crippen LogP contribution < -0.4 is 0 Å². The topological polar surface area (TPSA) is 36.9 Å². The molecule has 0 atom stereocenters. The maximum absolute atomic E-state index is 5.48. The molecule has 4 nitrogen and oxygen atoms in total. The smallest absolute Gasteiger partial charge is 0.304 e. The molecule has 0 aromatic heterocycles. The average molecular weight is 204 g/mol. The minimum absolute atomic E-state index is 0.514. The fraction of sp³-hybridized carbons (Fsp3) is 1.00. The molecule has 14 heavy (non-hydrogen) atoms. The van der Waals surface area contributed by atoms with E-state index < -0.39 is 6.16 Å². The van der Waals surface area contributed by atoms with Crippen molar-refractivity contribution in [2.45, 2.75) is 39.3 Å². The second-order valence-corrected chi connectivity index (χ2v) is 3.12. The first-order valence-electron chi connectivity index (χ1n) is 5.39. The van der Waals surface area contributed by atoms with Gasteiger partial charge in [0.15, 0.2) is 0 Å². The van der Waals surface area contributed by atoms with Gasteiger partial charge in [0.25, 0.3) is 0 Å². The molecule has 0 amide bonds. The van der Waals surface area contributed by atoms with Crippen LogP contribution >= 0.6 is 0 Å². The van der Waals surface area contributed by atoms with E-state index >= 15 is 0 Å². The summed E-state index contributed by atoms with van der Waals surface area (Å²) < 4.78 is 21.7. The predicted octanol–water partition coefficient (Wildman–Crippen LogP) is 1.89. The summed E-state index contributed by atoms with van der Waals surface area (Å²) in [7, 11) is 0. The molecule has 4 heteroatoms. The molecule has 1 heterocycles. The van der Waals surface area contributed by atoms with Crippen LogP contribution in [0.1, 0.15) is 33.1 Å². The molecule has 0 aromatic rings. The van der Waals surface area contributed by atoms with Gasteiger partial charge in [0, 0.05) is 0 Å². The molecule has 1 fully saturated rings. The third kappa shape index (κ3) is 3.53. The predicted molar refractivity (Wildman–Crippen MR) is 51.7 cm³/mol. The standard InChI is InChI=1S/C10H20O4/c1-3-11-10(12-4-2)13-8-6-5-7-9-14-10/h3-9H2,1-2H3. The molecule has 0 aromatic carbocycles. The van der Waals surface area contributed by atoms with Crippen LogP contribution in [-0.4, -0.2) is 32.6 Å². The summed E-state index contributed by atoms with van der Waals surface area (Å²) in [4.78, 5) is 0. The average Bonchev–Trinajstić information content (AvgIpc) is 2.12. The summed E-state index contributed by atoms with van der Waals surface area (Å²) in [6, 6.07) is 0. The van der Waals surface area contributed by atoms with E-state index in [0.29, 0.717) is 26.4 Å². The molecule has 0 spiro atoms. The van der Waals surface area contributed by atoms with Crippen molar-refractivity contribution in [2.24, 2.45) is 0 Å². The van der Waals surface area contributed by atoms with Crippen molar-refractivity contribution in [3.8, 4) is 0 Å². The zero-order valence-corrected chi connectivity index (χ0v) is 9.08. The largest absolute Gasteiger partial charge is 0.412 e. The summed E-state index contributed by atoms with van der Waals surface area (Å²) in [5.74, 6) is 0. The van der Waals surface area contributed by atoms with E-state index in [1.54, 1.807) is 0 Å². The lowest BCUT2D eigenvalue weighted by atomic mass is 10.2. The molecular weight excluding hydrogens is 184 g/mol. The zero-order valence-electron chi connectivity index (χ0n) is 9.08. The Bertz CT molecular complexity index is 133. The van der Waals surface area contributed by atoms with Crippen LogP contribution in [0.15, 0.2) is 0 Å². The van der Waals surface area contributed by atoms with Gasteiger partial charge in [-0.2, -0.15) is 0 Å². The molecule has 0 N–H and O–H groups in total. The van der Waals surface area contributed by atoms with Gasteiger partial charge < -0.3 is 18.9 Å². The highest BCUT2D eigenvalue weighted by molar-refractivity contribution is 4.50. The van der Waals surface area contributed by atoms with Crippen molar-refractivity contribution in [2.75, 3.05) is 26.4 Å². The highest BCUT2D eigenvalue weighted by Crippen LogP contribution is 2.21. The minimum Gasteiger partial charge on any atom is -0.304 e. The fourth-order valence-electron chi connectivity index (χ4n) is 1.38. The highest BCUT2D eigenvalue weighted by Gasteiger charge is 2.35. The van der Waals surface area contributed by atoms with Crippen molar-refractivity contribution < 1.29 is 18.9 Å². The third-order valence-electron chi connectivity index (χ3n) is 1.99. The molecule has 1 aliphatic heterocycles. The molecule has 0 radical (unpaired) electrons.